The van der Waals surface area contributed by atoms with Gasteiger partial charge in [-0.3, -0.25) is 9.35 Å². The molecule has 29 heavy (non-hydrogen) atoms. The second-order valence-electron chi connectivity index (χ2n) is 8.44. The van der Waals surface area contributed by atoms with Crippen molar-refractivity contribution in [2.45, 2.75) is 123 Å². The van der Waals surface area contributed by atoms with Gasteiger partial charge in [-0.2, -0.15) is 8.42 Å². The maximum atomic E-state index is 11.5. The van der Waals surface area contributed by atoms with Crippen molar-refractivity contribution >= 4 is 16.4 Å². The summed E-state index contributed by atoms with van der Waals surface area (Å²) in [4.78, 5) is 11.5. The summed E-state index contributed by atoms with van der Waals surface area (Å²) in [6, 6.07) is 0. The first-order valence-electron chi connectivity index (χ1n) is 11.6. The van der Waals surface area contributed by atoms with Gasteiger partial charge in [0.05, 0.1) is 12.7 Å². The Hall–Kier alpha value is -0.660. The number of rotatable bonds is 20. The van der Waals surface area contributed by atoms with Gasteiger partial charge in [-0.25, -0.2) is 4.18 Å². The maximum absolute atomic E-state index is 11.5. The zero-order chi connectivity index (χ0) is 22.0. The smallest absolute Gasteiger partial charge is 0.397 e. The molecule has 1 N–H and O–H groups in total. The zero-order valence-corrected chi connectivity index (χ0v) is 19.7. The van der Waals surface area contributed by atoms with E-state index in [2.05, 4.69) is 6.92 Å². The van der Waals surface area contributed by atoms with Gasteiger partial charge in [-0.15, -0.1) is 0 Å². The Morgan fingerprint density at radius 2 is 1.31 bits per heavy atom. The molecular weight excluding hydrogens is 392 g/mol. The van der Waals surface area contributed by atoms with Crippen molar-refractivity contribution in [2.24, 2.45) is 5.92 Å². The van der Waals surface area contributed by atoms with Crippen LogP contribution in [0.25, 0.3) is 0 Å². The normalized spacial score (nSPS) is 13.0. The molecule has 0 radical (unpaired) electrons. The monoisotopic (exact) mass is 436 g/mol. The van der Waals surface area contributed by atoms with Crippen LogP contribution in [0.5, 0.6) is 0 Å². The lowest BCUT2D eigenvalue weighted by Gasteiger charge is -2.15. The van der Waals surface area contributed by atoms with Crippen LogP contribution in [0, 0.1) is 5.92 Å². The van der Waals surface area contributed by atoms with Crippen LogP contribution in [-0.2, 0) is 24.1 Å². The van der Waals surface area contributed by atoms with Crippen LogP contribution >= 0.6 is 0 Å². The van der Waals surface area contributed by atoms with Gasteiger partial charge in [-0.1, -0.05) is 91.4 Å². The molecule has 0 saturated heterocycles. The topological polar surface area (TPSA) is 89.9 Å². The molecule has 0 aromatic carbocycles. The van der Waals surface area contributed by atoms with Gasteiger partial charge in [0.15, 0.2) is 0 Å². The third-order valence-corrected chi connectivity index (χ3v) is 5.39. The summed E-state index contributed by atoms with van der Waals surface area (Å²) in [5.74, 6) is 0.257. The van der Waals surface area contributed by atoms with Crippen LogP contribution < -0.4 is 0 Å². The largest absolute Gasteiger partial charge is 0.465 e. The van der Waals surface area contributed by atoms with Crippen molar-refractivity contribution in [1.29, 1.82) is 0 Å². The Labute approximate surface area is 179 Å². The summed E-state index contributed by atoms with van der Waals surface area (Å²) in [7, 11) is -4.39. The first-order chi connectivity index (χ1) is 13.7. The third-order valence-electron chi connectivity index (χ3n) is 4.87. The average Bonchev–Trinajstić information content (AvgIpc) is 2.63. The van der Waals surface area contributed by atoms with Crippen LogP contribution in [0.3, 0.4) is 0 Å². The van der Waals surface area contributed by atoms with E-state index in [1.807, 2.05) is 13.8 Å². The van der Waals surface area contributed by atoms with Crippen LogP contribution in [0.15, 0.2) is 0 Å². The van der Waals surface area contributed by atoms with E-state index in [0.29, 0.717) is 31.8 Å². The number of hydrogen-bond donors (Lipinski definition) is 1. The van der Waals surface area contributed by atoms with Crippen LogP contribution in [0.2, 0.25) is 0 Å². The summed E-state index contributed by atoms with van der Waals surface area (Å²) in [6.07, 6.45) is 14.0. The Balaban J connectivity index is 3.80. The summed E-state index contributed by atoms with van der Waals surface area (Å²) in [5.41, 5.74) is 0. The molecule has 0 amide bonds. The van der Waals surface area contributed by atoms with Crippen molar-refractivity contribution in [3.63, 3.8) is 0 Å². The molecule has 0 fully saturated rings. The zero-order valence-electron chi connectivity index (χ0n) is 18.9. The van der Waals surface area contributed by atoms with Crippen molar-refractivity contribution in [3.8, 4) is 0 Å². The predicted molar refractivity (Wildman–Crippen MR) is 117 cm³/mol. The van der Waals surface area contributed by atoms with Crippen molar-refractivity contribution < 1.29 is 26.7 Å². The van der Waals surface area contributed by atoms with Crippen molar-refractivity contribution in [2.75, 3.05) is 6.61 Å². The molecule has 0 aliphatic carbocycles. The number of esters is 1. The van der Waals surface area contributed by atoms with E-state index in [4.69, 9.17) is 13.5 Å². The van der Waals surface area contributed by atoms with E-state index < -0.39 is 16.5 Å². The lowest BCUT2D eigenvalue weighted by Crippen LogP contribution is -2.18. The Kier molecular flexibility index (Phi) is 17.7. The first-order valence-corrected chi connectivity index (χ1v) is 12.9. The highest BCUT2D eigenvalue weighted by molar-refractivity contribution is 7.80. The molecule has 0 bridgehead atoms. The second-order valence-corrected chi connectivity index (χ2v) is 9.49. The summed E-state index contributed by atoms with van der Waals surface area (Å²) in [6.45, 7) is 6.71. The Bertz CT molecular complexity index is 490. The molecule has 1 atom stereocenters. The van der Waals surface area contributed by atoms with Crippen LogP contribution in [-0.4, -0.2) is 31.7 Å². The maximum Gasteiger partial charge on any atom is 0.397 e. The first kappa shape index (κ1) is 28.3. The quantitative estimate of drug-likeness (QED) is 0.138. The fourth-order valence-electron chi connectivity index (χ4n) is 3.25. The van der Waals surface area contributed by atoms with Gasteiger partial charge in [-0.05, 0) is 25.2 Å². The minimum atomic E-state index is -4.39. The number of carbonyl (C=O) groups is 1. The molecular formula is C22H44O6S. The highest BCUT2D eigenvalue weighted by atomic mass is 32.3. The van der Waals surface area contributed by atoms with Gasteiger partial charge in [0.1, 0.15) is 0 Å². The molecule has 0 rings (SSSR count). The standard InChI is InChI=1S/C22H44O6S/c1-4-5-6-7-10-13-16-21(28-29(24,25)26)17-14-11-8-9-12-15-18-22(23)27-19-20(2)3/h20-21H,4-19H2,1-3H3,(H,24,25,26). The minimum Gasteiger partial charge on any atom is -0.465 e. The van der Waals surface area contributed by atoms with Gasteiger partial charge in [0, 0.05) is 6.42 Å². The lowest BCUT2D eigenvalue weighted by atomic mass is 10.0. The van der Waals surface area contributed by atoms with Crippen molar-refractivity contribution in [1.82, 2.24) is 0 Å². The van der Waals surface area contributed by atoms with E-state index >= 15 is 0 Å². The Morgan fingerprint density at radius 1 is 0.828 bits per heavy atom. The molecule has 0 aliphatic heterocycles. The van der Waals surface area contributed by atoms with E-state index in [1.54, 1.807) is 0 Å². The molecule has 7 heteroatoms. The van der Waals surface area contributed by atoms with E-state index in [1.165, 1.54) is 19.3 Å². The molecule has 0 aromatic rings. The lowest BCUT2D eigenvalue weighted by molar-refractivity contribution is -0.144. The van der Waals surface area contributed by atoms with Gasteiger partial charge < -0.3 is 4.74 Å². The van der Waals surface area contributed by atoms with E-state index in [9.17, 15) is 13.2 Å². The fraction of sp³-hybridized carbons (Fsp3) is 0.955. The predicted octanol–water partition coefficient (Wildman–Crippen LogP) is 6.25. The number of carbonyl (C=O) groups excluding carboxylic acids is 1. The van der Waals surface area contributed by atoms with E-state index in [-0.39, 0.29) is 5.97 Å². The number of hydrogen-bond acceptors (Lipinski definition) is 5. The summed E-state index contributed by atoms with van der Waals surface area (Å²) >= 11 is 0. The third kappa shape index (κ3) is 21.9. The summed E-state index contributed by atoms with van der Waals surface area (Å²) < 4.78 is 41.1. The molecule has 0 heterocycles. The number of unbranched alkanes of at least 4 members (excludes halogenated alkanes) is 10. The summed E-state index contributed by atoms with van der Waals surface area (Å²) in [5, 5.41) is 0. The van der Waals surface area contributed by atoms with Crippen LogP contribution in [0.4, 0.5) is 0 Å². The molecule has 174 valence electrons. The van der Waals surface area contributed by atoms with Gasteiger partial charge in [0.2, 0.25) is 0 Å². The highest BCUT2D eigenvalue weighted by Crippen LogP contribution is 2.18. The fourth-order valence-corrected chi connectivity index (χ4v) is 3.78. The SMILES string of the molecule is CCCCCCCCC(CCCCCCCCC(=O)OCC(C)C)OS(=O)(=O)O. The second kappa shape index (κ2) is 18.1. The van der Waals surface area contributed by atoms with Crippen LogP contribution in [0.1, 0.15) is 117 Å². The van der Waals surface area contributed by atoms with Gasteiger partial charge in [0.25, 0.3) is 0 Å². The van der Waals surface area contributed by atoms with Crippen molar-refractivity contribution in [3.05, 3.63) is 0 Å². The molecule has 0 aliphatic rings. The average molecular weight is 437 g/mol. The molecule has 1 unspecified atom stereocenters. The molecule has 6 nitrogen and oxygen atoms in total. The van der Waals surface area contributed by atoms with E-state index in [0.717, 1.165) is 57.8 Å². The molecule has 0 saturated carbocycles. The molecule has 0 aromatic heterocycles. The molecule has 0 spiro atoms. The van der Waals surface area contributed by atoms with Gasteiger partial charge >= 0.3 is 16.4 Å². The Morgan fingerprint density at radius 3 is 1.79 bits per heavy atom. The highest BCUT2D eigenvalue weighted by Gasteiger charge is 2.16. The minimum absolute atomic E-state index is 0.112. The number of ether oxygens (including phenoxy) is 1.